The predicted molar refractivity (Wildman–Crippen MR) is 61.4 cm³/mol. The largest absolute Gasteiger partial charge is 0.283 e. The van der Waals surface area contributed by atoms with Gasteiger partial charge in [-0.2, -0.15) is 0 Å². The minimum atomic E-state index is -0.530. The average Bonchev–Trinajstić information content (AvgIpc) is 2.78. The third kappa shape index (κ3) is 1.14. The summed E-state index contributed by atoms with van der Waals surface area (Å²) < 4.78 is 0. The lowest BCUT2D eigenvalue weighted by molar-refractivity contribution is 0.0810. The highest BCUT2D eigenvalue weighted by molar-refractivity contribution is 7.22. The van der Waals surface area contributed by atoms with Crippen LogP contribution in [0, 0.1) is 13.8 Å². The Morgan fingerprint density at radius 3 is 1.56 bits per heavy atom. The summed E-state index contributed by atoms with van der Waals surface area (Å²) in [6, 6.07) is 0. The highest BCUT2D eigenvalue weighted by Crippen LogP contribution is 2.40. The summed E-state index contributed by atoms with van der Waals surface area (Å²) >= 11 is 2.88. The molecule has 2 heterocycles. The zero-order chi connectivity index (χ0) is 11.4. The lowest BCUT2D eigenvalue weighted by atomic mass is 10.0. The quantitative estimate of drug-likeness (QED) is 0.673. The van der Waals surface area contributed by atoms with E-state index in [1.165, 1.54) is 22.7 Å². The van der Waals surface area contributed by atoms with Gasteiger partial charge in [0, 0.05) is 0 Å². The highest BCUT2D eigenvalue weighted by Gasteiger charge is 2.36. The van der Waals surface area contributed by atoms with Gasteiger partial charge in [0.2, 0.25) is 0 Å². The molecule has 4 nitrogen and oxygen atoms in total. The SMILES string of the molecule is Cc1nc2c(s1)-c1sc(C)nc1C(=O)C2=O. The van der Waals surface area contributed by atoms with E-state index < -0.39 is 11.6 Å². The van der Waals surface area contributed by atoms with Crippen LogP contribution in [0.25, 0.3) is 9.75 Å². The normalized spacial score (nSPS) is 13.9. The molecule has 0 aromatic carbocycles. The highest BCUT2D eigenvalue weighted by atomic mass is 32.1. The first-order chi connectivity index (χ1) is 7.58. The molecule has 3 rings (SSSR count). The maximum absolute atomic E-state index is 11.8. The molecule has 0 N–H and O–H groups in total. The van der Waals surface area contributed by atoms with Crippen molar-refractivity contribution in [3.63, 3.8) is 0 Å². The van der Waals surface area contributed by atoms with Crippen molar-refractivity contribution in [3.05, 3.63) is 21.4 Å². The first-order valence-electron chi connectivity index (χ1n) is 4.62. The van der Waals surface area contributed by atoms with Gasteiger partial charge in [-0.05, 0) is 13.8 Å². The number of hydrogen-bond acceptors (Lipinski definition) is 6. The van der Waals surface area contributed by atoms with Crippen LogP contribution >= 0.6 is 22.7 Å². The van der Waals surface area contributed by atoms with Crippen LogP contribution in [0.4, 0.5) is 0 Å². The maximum atomic E-state index is 11.8. The monoisotopic (exact) mass is 250 g/mol. The molecule has 0 fully saturated rings. The molecule has 0 saturated carbocycles. The molecule has 0 amide bonds. The lowest BCUT2D eigenvalue weighted by Gasteiger charge is -2.05. The molecule has 0 aliphatic heterocycles. The van der Waals surface area contributed by atoms with Crippen molar-refractivity contribution in [2.45, 2.75) is 13.8 Å². The van der Waals surface area contributed by atoms with E-state index in [-0.39, 0.29) is 0 Å². The molecule has 0 spiro atoms. The first-order valence-corrected chi connectivity index (χ1v) is 6.25. The van der Waals surface area contributed by atoms with Crippen LogP contribution in [0.1, 0.15) is 31.0 Å². The number of thiazole rings is 2. The summed E-state index contributed by atoms with van der Waals surface area (Å²) in [5.41, 5.74) is 0.590. The summed E-state index contributed by atoms with van der Waals surface area (Å²) in [6.45, 7) is 3.66. The van der Waals surface area contributed by atoms with Gasteiger partial charge in [0.05, 0.1) is 19.8 Å². The molecule has 16 heavy (non-hydrogen) atoms. The number of aromatic nitrogens is 2. The van der Waals surface area contributed by atoms with Gasteiger partial charge in [0.1, 0.15) is 11.4 Å². The standard InChI is InChI=1S/C10H6N2O2S2/c1-3-11-5-7(13)8(14)6-10(9(5)15-3)16-4(2)12-6/h1-2H3. The molecule has 0 bridgehead atoms. The predicted octanol–water partition coefficient (Wildman–Crippen LogP) is 2.26. The molecule has 2 aromatic heterocycles. The fourth-order valence-electron chi connectivity index (χ4n) is 1.68. The number of hydrogen-bond donors (Lipinski definition) is 0. The molecule has 0 saturated heterocycles. The van der Waals surface area contributed by atoms with Gasteiger partial charge in [-0.15, -0.1) is 22.7 Å². The Morgan fingerprint density at radius 2 is 1.19 bits per heavy atom. The van der Waals surface area contributed by atoms with Crippen molar-refractivity contribution in [2.75, 3.05) is 0 Å². The zero-order valence-corrected chi connectivity index (χ0v) is 10.2. The van der Waals surface area contributed by atoms with E-state index in [0.29, 0.717) is 11.4 Å². The van der Waals surface area contributed by atoms with Crippen molar-refractivity contribution in [2.24, 2.45) is 0 Å². The molecule has 80 valence electrons. The van der Waals surface area contributed by atoms with Crippen LogP contribution in [0.2, 0.25) is 0 Å². The number of rotatable bonds is 0. The first kappa shape index (κ1) is 9.80. The van der Waals surface area contributed by atoms with E-state index in [1.54, 1.807) is 0 Å². The van der Waals surface area contributed by atoms with E-state index in [2.05, 4.69) is 9.97 Å². The van der Waals surface area contributed by atoms with Crippen LogP contribution in [-0.4, -0.2) is 21.5 Å². The van der Waals surface area contributed by atoms with Crippen molar-refractivity contribution in [1.82, 2.24) is 9.97 Å². The molecule has 0 atom stereocenters. The van der Waals surface area contributed by atoms with Crippen molar-refractivity contribution in [3.8, 4) is 9.75 Å². The van der Waals surface area contributed by atoms with Gasteiger partial charge < -0.3 is 0 Å². The Kier molecular flexibility index (Phi) is 1.87. The summed E-state index contributed by atoms with van der Waals surface area (Å²) in [5.74, 6) is -1.06. The second-order valence-corrected chi connectivity index (χ2v) is 5.89. The molecule has 0 unspecified atom stereocenters. The van der Waals surface area contributed by atoms with Crippen LogP contribution in [0.5, 0.6) is 0 Å². The van der Waals surface area contributed by atoms with Crippen molar-refractivity contribution in [1.29, 1.82) is 0 Å². The molecule has 1 aliphatic rings. The number of fused-ring (bicyclic) bond motifs is 3. The smallest absolute Gasteiger partial charge is 0.255 e. The molecular weight excluding hydrogens is 244 g/mol. The minimum Gasteiger partial charge on any atom is -0.283 e. The summed E-state index contributed by atoms with van der Waals surface area (Å²) in [5, 5.41) is 1.59. The molecule has 0 radical (unpaired) electrons. The molecule has 1 aliphatic carbocycles. The Balaban J connectivity index is 2.40. The Bertz CT molecular complexity index is 583. The average molecular weight is 250 g/mol. The second-order valence-electron chi connectivity index (χ2n) is 3.48. The molecule has 6 heteroatoms. The zero-order valence-electron chi connectivity index (χ0n) is 8.53. The van der Waals surface area contributed by atoms with E-state index in [9.17, 15) is 9.59 Å². The fraction of sp³-hybridized carbons (Fsp3) is 0.200. The summed E-state index contributed by atoms with van der Waals surface area (Å²) in [6.07, 6.45) is 0. The van der Waals surface area contributed by atoms with Gasteiger partial charge >= 0.3 is 0 Å². The van der Waals surface area contributed by atoms with Gasteiger partial charge in [-0.25, -0.2) is 9.97 Å². The van der Waals surface area contributed by atoms with E-state index in [1.807, 2.05) is 13.8 Å². The number of Topliss-reactive ketones (excluding diaryl/α,β-unsaturated/α-hetero) is 2. The Labute approximate surface area is 99.0 Å². The number of ketones is 2. The molecule has 2 aromatic rings. The van der Waals surface area contributed by atoms with Gasteiger partial charge in [-0.3, -0.25) is 9.59 Å². The third-order valence-electron chi connectivity index (χ3n) is 2.31. The summed E-state index contributed by atoms with van der Waals surface area (Å²) in [4.78, 5) is 33.3. The van der Waals surface area contributed by atoms with Crippen LogP contribution in [0.15, 0.2) is 0 Å². The van der Waals surface area contributed by atoms with Gasteiger partial charge in [0.25, 0.3) is 11.6 Å². The lowest BCUT2D eigenvalue weighted by Crippen LogP contribution is -2.20. The number of aryl methyl sites for hydroxylation is 2. The summed E-state index contributed by atoms with van der Waals surface area (Å²) in [7, 11) is 0. The second kappa shape index (κ2) is 3.05. The van der Waals surface area contributed by atoms with Gasteiger partial charge in [-0.1, -0.05) is 0 Å². The van der Waals surface area contributed by atoms with E-state index in [4.69, 9.17) is 0 Å². The van der Waals surface area contributed by atoms with Crippen LogP contribution in [-0.2, 0) is 0 Å². The van der Waals surface area contributed by atoms with Gasteiger partial charge in [0.15, 0.2) is 0 Å². The number of carbonyl (C=O) groups is 2. The number of nitrogens with zero attached hydrogens (tertiary/aromatic N) is 2. The van der Waals surface area contributed by atoms with Crippen LogP contribution < -0.4 is 0 Å². The Hall–Kier alpha value is -1.40. The maximum Gasteiger partial charge on any atom is 0.255 e. The van der Waals surface area contributed by atoms with E-state index >= 15 is 0 Å². The van der Waals surface area contributed by atoms with Crippen molar-refractivity contribution >= 4 is 34.2 Å². The van der Waals surface area contributed by atoms with E-state index in [0.717, 1.165) is 19.8 Å². The minimum absolute atomic E-state index is 0.295. The van der Waals surface area contributed by atoms with Crippen LogP contribution in [0.3, 0.4) is 0 Å². The van der Waals surface area contributed by atoms with Crippen molar-refractivity contribution < 1.29 is 9.59 Å². The Morgan fingerprint density at radius 1 is 0.812 bits per heavy atom. The fourth-order valence-corrected chi connectivity index (χ4v) is 3.65. The number of carbonyl (C=O) groups excluding carboxylic acids is 2. The molecular formula is C10H6N2O2S2. The third-order valence-corrected chi connectivity index (χ3v) is 4.42. The topological polar surface area (TPSA) is 59.9 Å².